The molecule has 4 rings (SSSR count). The summed E-state index contributed by atoms with van der Waals surface area (Å²) in [7, 11) is 0. The highest BCUT2D eigenvalue weighted by Crippen LogP contribution is 2.38. The number of pyridine rings is 1. The standard InChI is InChI=1S/C26H21F6N3O2/c1-24(2,17-8-13-22(33-15-17)25(27,28)29)34-20-14-21(16-6-4-3-5-7-16)35(23(20)36)18-9-11-19(12-10-18)37-26(30,31)32/h3-15,21,34H,1-2H3/t21-/m1/s1. The van der Waals surface area contributed by atoms with Gasteiger partial charge in [-0.1, -0.05) is 36.4 Å². The number of nitrogens with zero attached hydrogens (tertiary/aromatic N) is 2. The maximum absolute atomic E-state index is 13.5. The topological polar surface area (TPSA) is 54.5 Å². The number of alkyl halides is 6. The highest BCUT2D eigenvalue weighted by molar-refractivity contribution is 6.09. The fourth-order valence-corrected chi connectivity index (χ4v) is 3.98. The molecule has 0 aliphatic carbocycles. The Morgan fingerprint density at radius 2 is 1.54 bits per heavy atom. The third-order valence-corrected chi connectivity index (χ3v) is 5.76. The van der Waals surface area contributed by atoms with Crippen LogP contribution in [0.25, 0.3) is 0 Å². The molecular formula is C26H21F6N3O2. The van der Waals surface area contributed by atoms with Gasteiger partial charge in [0.1, 0.15) is 11.4 Å². The minimum absolute atomic E-state index is 0.175. The van der Waals surface area contributed by atoms with Crippen LogP contribution in [-0.4, -0.2) is 17.3 Å². The Morgan fingerprint density at radius 3 is 2.08 bits per heavy atom. The number of anilines is 1. The Morgan fingerprint density at radius 1 is 0.892 bits per heavy atom. The van der Waals surface area contributed by atoms with E-state index in [1.165, 1.54) is 23.1 Å². The van der Waals surface area contributed by atoms with Crippen molar-refractivity contribution >= 4 is 11.6 Å². The van der Waals surface area contributed by atoms with Gasteiger partial charge in [-0.3, -0.25) is 14.7 Å². The summed E-state index contributed by atoms with van der Waals surface area (Å²) < 4.78 is 80.3. The summed E-state index contributed by atoms with van der Waals surface area (Å²) in [6, 6.07) is 15.5. The van der Waals surface area contributed by atoms with Crippen LogP contribution >= 0.6 is 0 Å². The number of carbonyl (C=O) groups is 1. The van der Waals surface area contributed by atoms with Gasteiger partial charge in [0.25, 0.3) is 5.91 Å². The van der Waals surface area contributed by atoms with Gasteiger partial charge in [0.2, 0.25) is 0 Å². The van der Waals surface area contributed by atoms with Crippen molar-refractivity contribution in [3.8, 4) is 5.75 Å². The molecule has 11 heteroatoms. The number of hydrogen-bond donors (Lipinski definition) is 1. The first-order valence-electron chi connectivity index (χ1n) is 11.0. The monoisotopic (exact) mass is 521 g/mol. The van der Waals surface area contributed by atoms with E-state index in [0.717, 1.165) is 30.0 Å². The fourth-order valence-electron chi connectivity index (χ4n) is 3.98. The maximum Gasteiger partial charge on any atom is 0.573 e. The molecule has 1 N–H and O–H groups in total. The molecule has 0 bridgehead atoms. The molecule has 0 unspecified atom stereocenters. The minimum Gasteiger partial charge on any atom is -0.406 e. The van der Waals surface area contributed by atoms with E-state index in [9.17, 15) is 31.1 Å². The first kappa shape index (κ1) is 26.1. The minimum atomic E-state index is -4.85. The molecule has 194 valence electrons. The van der Waals surface area contributed by atoms with Crippen LogP contribution in [0.1, 0.15) is 36.7 Å². The molecule has 5 nitrogen and oxygen atoms in total. The van der Waals surface area contributed by atoms with E-state index in [1.54, 1.807) is 50.3 Å². The zero-order valence-corrected chi connectivity index (χ0v) is 19.6. The van der Waals surface area contributed by atoms with Crippen molar-refractivity contribution < 1.29 is 35.9 Å². The first-order chi connectivity index (χ1) is 17.2. The van der Waals surface area contributed by atoms with Crippen molar-refractivity contribution in [1.82, 2.24) is 10.3 Å². The van der Waals surface area contributed by atoms with E-state index in [1.807, 2.05) is 0 Å². The second-order valence-electron chi connectivity index (χ2n) is 8.83. The third kappa shape index (κ3) is 5.87. The molecule has 1 atom stereocenters. The summed E-state index contributed by atoms with van der Waals surface area (Å²) in [5, 5.41) is 3.10. The number of benzene rings is 2. The van der Waals surface area contributed by atoms with Gasteiger partial charge in [-0.05, 0) is 61.4 Å². The van der Waals surface area contributed by atoms with Crippen LogP contribution in [0.4, 0.5) is 32.0 Å². The zero-order chi connectivity index (χ0) is 27.0. The summed E-state index contributed by atoms with van der Waals surface area (Å²) in [5.74, 6) is -0.896. The van der Waals surface area contributed by atoms with Crippen LogP contribution < -0.4 is 15.0 Å². The van der Waals surface area contributed by atoms with Crippen LogP contribution in [-0.2, 0) is 16.5 Å². The van der Waals surface area contributed by atoms with Crippen molar-refractivity contribution in [2.45, 2.75) is 38.0 Å². The van der Waals surface area contributed by atoms with E-state index in [0.29, 0.717) is 11.3 Å². The van der Waals surface area contributed by atoms with Crippen molar-refractivity contribution in [2.24, 2.45) is 0 Å². The number of nitrogens with one attached hydrogen (secondary N) is 1. The van der Waals surface area contributed by atoms with Crippen LogP contribution in [0.2, 0.25) is 0 Å². The lowest BCUT2D eigenvalue weighted by Crippen LogP contribution is -2.40. The maximum atomic E-state index is 13.5. The SMILES string of the molecule is CC(C)(NC1=C[C@H](c2ccccc2)N(c2ccc(OC(F)(F)F)cc2)C1=O)c1ccc(C(F)(F)F)nc1. The molecule has 0 fully saturated rings. The highest BCUT2D eigenvalue weighted by Gasteiger charge is 2.38. The Bertz CT molecular complexity index is 1290. The second kappa shape index (κ2) is 9.45. The Labute approximate surface area is 208 Å². The molecule has 0 radical (unpaired) electrons. The molecule has 1 aliphatic rings. The van der Waals surface area contributed by atoms with Crippen LogP contribution in [0.3, 0.4) is 0 Å². The number of aromatic nitrogens is 1. The normalized spacial score (nSPS) is 16.5. The first-order valence-corrected chi connectivity index (χ1v) is 11.0. The van der Waals surface area contributed by atoms with Crippen molar-refractivity contribution in [1.29, 1.82) is 0 Å². The van der Waals surface area contributed by atoms with Crippen LogP contribution in [0.5, 0.6) is 5.75 Å². The number of halogens is 6. The lowest BCUT2D eigenvalue weighted by atomic mass is 9.95. The van der Waals surface area contributed by atoms with E-state index in [2.05, 4.69) is 15.0 Å². The van der Waals surface area contributed by atoms with Gasteiger partial charge >= 0.3 is 12.5 Å². The molecule has 1 aromatic heterocycles. The lowest BCUT2D eigenvalue weighted by molar-refractivity contribution is -0.274. The van der Waals surface area contributed by atoms with Gasteiger partial charge in [-0.25, -0.2) is 0 Å². The molecule has 2 heterocycles. The smallest absolute Gasteiger partial charge is 0.406 e. The molecule has 0 spiro atoms. The van der Waals surface area contributed by atoms with E-state index < -0.39 is 41.5 Å². The zero-order valence-electron chi connectivity index (χ0n) is 19.6. The van der Waals surface area contributed by atoms with Crippen molar-refractivity contribution in [3.63, 3.8) is 0 Å². The Hall–Kier alpha value is -4.02. The highest BCUT2D eigenvalue weighted by atomic mass is 19.4. The van der Waals surface area contributed by atoms with Crippen molar-refractivity contribution in [2.75, 3.05) is 4.90 Å². The molecule has 2 aromatic carbocycles. The van der Waals surface area contributed by atoms with E-state index >= 15 is 0 Å². The van der Waals surface area contributed by atoms with Crippen LogP contribution in [0, 0.1) is 0 Å². The lowest BCUT2D eigenvalue weighted by Gasteiger charge is -2.29. The molecule has 0 saturated heterocycles. The molecule has 1 amide bonds. The van der Waals surface area contributed by atoms with Gasteiger partial charge < -0.3 is 10.1 Å². The average molecular weight is 521 g/mol. The predicted octanol–water partition coefficient (Wildman–Crippen LogP) is 6.50. The summed E-state index contributed by atoms with van der Waals surface area (Å²) in [6.07, 6.45) is -6.67. The van der Waals surface area contributed by atoms with Gasteiger partial charge in [0.15, 0.2) is 0 Å². The molecule has 1 aliphatic heterocycles. The number of amides is 1. The number of hydrogen-bond acceptors (Lipinski definition) is 4. The number of rotatable bonds is 6. The molecule has 37 heavy (non-hydrogen) atoms. The Kier molecular flexibility index (Phi) is 6.66. The summed E-state index contributed by atoms with van der Waals surface area (Å²) in [4.78, 5) is 18.4. The molecule has 0 saturated carbocycles. The largest absolute Gasteiger partial charge is 0.573 e. The summed E-state index contributed by atoms with van der Waals surface area (Å²) in [5.41, 5.74) is -0.351. The summed E-state index contributed by atoms with van der Waals surface area (Å²) in [6.45, 7) is 3.38. The molecular weight excluding hydrogens is 500 g/mol. The number of ether oxygens (including phenoxy) is 1. The second-order valence-corrected chi connectivity index (χ2v) is 8.83. The fraction of sp³-hybridized carbons (Fsp3) is 0.231. The molecule has 3 aromatic rings. The number of carbonyl (C=O) groups excluding carboxylic acids is 1. The van der Waals surface area contributed by atoms with E-state index in [-0.39, 0.29) is 5.70 Å². The van der Waals surface area contributed by atoms with Gasteiger partial charge in [-0.15, -0.1) is 13.2 Å². The third-order valence-electron chi connectivity index (χ3n) is 5.76. The van der Waals surface area contributed by atoms with Gasteiger partial charge in [-0.2, -0.15) is 13.2 Å². The Balaban J connectivity index is 1.64. The summed E-state index contributed by atoms with van der Waals surface area (Å²) >= 11 is 0. The predicted molar refractivity (Wildman–Crippen MR) is 123 cm³/mol. The van der Waals surface area contributed by atoms with Crippen molar-refractivity contribution in [3.05, 3.63) is 102 Å². The average Bonchev–Trinajstić information content (AvgIpc) is 3.14. The van der Waals surface area contributed by atoms with Gasteiger partial charge in [0, 0.05) is 11.9 Å². The van der Waals surface area contributed by atoms with Gasteiger partial charge in [0.05, 0.1) is 17.3 Å². The quantitative estimate of drug-likeness (QED) is 0.377. The van der Waals surface area contributed by atoms with E-state index in [4.69, 9.17) is 0 Å². The van der Waals surface area contributed by atoms with Crippen LogP contribution in [0.15, 0.2) is 84.7 Å².